The third-order valence-corrected chi connectivity index (χ3v) is 2.91. The number of amides is 1. The molecule has 0 aliphatic heterocycles. The second-order valence-corrected chi connectivity index (χ2v) is 4.17. The van der Waals surface area contributed by atoms with Gasteiger partial charge in [-0.05, 0) is 18.8 Å². The number of hydrogen-bond acceptors (Lipinski definition) is 2. The maximum absolute atomic E-state index is 12.7. The lowest BCUT2D eigenvalue weighted by Crippen LogP contribution is -2.49. The van der Waals surface area contributed by atoms with Gasteiger partial charge in [-0.1, -0.05) is 12.8 Å². The lowest BCUT2D eigenvalue weighted by Gasteiger charge is -2.26. The van der Waals surface area contributed by atoms with Gasteiger partial charge in [0.2, 0.25) is 5.91 Å². The van der Waals surface area contributed by atoms with Crippen molar-refractivity contribution in [2.45, 2.75) is 44.3 Å². The first-order valence-electron chi connectivity index (χ1n) is 5.51. The molecule has 0 heterocycles. The van der Waals surface area contributed by atoms with E-state index in [1.807, 2.05) is 0 Å². The molecule has 1 rings (SSSR count). The van der Waals surface area contributed by atoms with E-state index in [4.69, 9.17) is 5.73 Å². The van der Waals surface area contributed by atoms with Crippen molar-refractivity contribution in [2.75, 3.05) is 6.54 Å². The zero-order chi connectivity index (χ0) is 12.2. The molecule has 0 radical (unpaired) electrons. The van der Waals surface area contributed by atoms with Crippen LogP contribution in [0.3, 0.4) is 0 Å². The van der Waals surface area contributed by atoms with Crippen LogP contribution in [0.1, 0.15) is 32.1 Å². The molecule has 0 aromatic rings. The van der Waals surface area contributed by atoms with Gasteiger partial charge in [0.05, 0.1) is 0 Å². The smallest absolute Gasteiger partial charge is 0.344 e. The quantitative estimate of drug-likeness (QED) is 0.824. The van der Waals surface area contributed by atoms with E-state index in [1.54, 1.807) is 0 Å². The van der Waals surface area contributed by atoms with E-state index in [0.29, 0.717) is 12.8 Å². The van der Waals surface area contributed by atoms with Crippen molar-refractivity contribution in [2.24, 2.45) is 11.7 Å². The van der Waals surface area contributed by atoms with Gasteiger partial charge in [-0.25, -0.2) is 0 Å². The van der Waals surface area contributed by atoms with E-state index in [9.17, 15) is 18.0 Å². The molecule has 0 aromatic heterocycles. The number of carbonyl (C=O) groups is 1. The van der Waals surface area contributed by atoms with Crippen molar-refractivity contribution in [1.82, 2.24) is 5.32 Å². The summed E-state index contributed by atoms with van der Waals surface area (Å²) in [5, 5.41) is 2.06. The molecule has 3 nitrogen and oxygen atoms in total. The summed E-state index contributed by atoms with van der Waals surface area (Å²) in [6.07, 6.45) is -1.73. The Morgan fingerprint density at radius 2 is 1.88 bits per heavy atom. The fourth-order valence-electron chi connectivity index (χ4n) is 2.13. The Hall–Kier alpha value is -0.490. The minimum Gasteiger partial charge on any atom is -0.344 e. The highest BCUT2D eigenvalue weighted by Crippen LogP contribution is 2.35. The Balaban J connectivity index is 0.00000256. The Morgan fingerprint density at radius 3 is 2.29 bits per heavy atom. The van der Waals surface area contributed by atoms with Crippen molar-refractivity contribution >= 4 is 18.3 Å². The fraction of sp³-hybridized carbons (Fsp3) is 0.900. The van der Waals surface area contributed by atoms with E-state index in [1.165, 1.54) is 0 Å². The summed E-state index contributed by atoms with van der Waals surface area (Å²) in [6, 6.07) is -1.70. The maximum atomic E-state index is 12.7. The number of nitrogens with one attached hydrogen (secondary N) is 1. The first-order valence-corrected chi connectivity index (χ1v) is 5.51. The van der Waals surface area contributed by atoms with Crippen molar-refractivity contribution in [3.63, 3.8) is 0 Å². The Kier molecular flexibility index (Phi) is 6.85. The monoisotopic (exact) mass is 274 g/mol. The lowest BCUT2D eigenvalue weighted by molar-refractivity contribution is -0.171. The zero-order valence-electron chi connectivity index (χ0n) is 9.43. The lowest BCUT2D eigenvalue weighted by atomic mass is 9.97. The van der Waals surface area contributed by atoms with Gasteiger partial charge in [-0.3, -0.25) is 4.79 Å². The summed E-state index contributed by atoms with van der Waals surface area (Å²) >= 11 is 0. The van der Waals surface area contributed by atoms with Crippen LogP contribution in [0, 0.1) is 5.92 Å². The summed E-state index contributed by atoms with van der Waals surface area (Å²) in [7, 11) is 0. The van der Waals surface area contributed by atoms with Crippen molar-refractivity contribution in [3.8, 4) is 0 Å². The van der Waals surface area contributed by atoms with Crippen LogP contribution in [0.2, 0.25) is 0 Å². The summed E-state index contributed by atoms with van der Waals surface area (Å²) < 4.78 is 38.2. The van der Waals surface area contributed by atoms with Crippen molar-refractivity contribution < 1.29 is 18.0 Å². The average Bonchev–Trinajstić information content (AvgIpc) is 2.65. The van der Waals surface area contributed by atoms with Gasteiger partial charge < -0.3 is 11.1 Å². The summed E-state index contributed by atoms with van der Waals surface area (Å²) in [4.78, 5) is 11.2. The van der Waals surface area contributed by atoms with Crippen LogP contribution < -0.4 is 11.1 Å². The van der Waals surface area contributed by atoms with Gasteiger partial charge in [0.25, 0.3) is 0 Å². The molecule has 1 aliphatic carbocycles. The van der Waals surface area contributed by atoms with Gasteiger partial charge in [-0.2, -0.15) is 13.2 Å². The minimum absolute atomic E-state index is 0. The number of rotatable bonds is 4. The molecular weight excluding hydrogens is 257 g/mol. The topological polar surface area (TPSA) is 55.1 Å². The van der Waals surface area contributed by atoms with E-state index >= 15 is 0 Å². The third kappa shape index (κ3) is 5.12. The largest absolute Gasteiger partial charge is 0.408 e. The Morgan fingerprint density at radius 1 is 1.35 bits per heavy atom. The molecule has 7 heteroatoms. The molecule has 0 aromatic carbocycles. The van der Waals surface area contributed by atoms with Crippen LogP contribution in [0.5, 0.6) is 0 Å². The molecule has 17 heavy (non-hydrogen) atoms. The Bertz CT molecular complexity index is 242. The van der Waals surface area contributed by atoms with E-state index < -0.39 is 24.0 Å². The van der Waals surface area contributed by atoms with Crippen molar-refractivity contribution in [3.05, 3.63) is 0 Å². The zero-order valence-corrected chi connectivity index (χ0v) is 10.2. The van der Waals surface area contributed by atoms with Crippen molar-refractivity contribution in [1.29, 1.82) is 0 Å². The molecular formula is C10H18ClF3N2O. The molecule has 1 unspecified atom stereocenters. The molecule has 1 aliphatic rings. The molecule has 0 bridgehead atoms. The summed E-state index contributed by atoms with van der Waals surface area (Å²) in [6.45, 7) is 0.0705. The van der Waals surface area contributed by atoms with Crippen LogP contribution in [0.15, 0.2) is 0 Å². The highest BCUT2D eigenvalue weighted by Gasteiger charge is 2.45. The predicted molar refractivity (Wildman–Crippen MR) is 60.9 cm³/mol. The molecule has 1 fully saturated rings. The van der Waals surface area contributed by atoms with Crippen LogP contribution in [-0.4, -0.2) is 24.7 Å². The second kappa shape index (κ2) is 7.06. The summed E-state index contributed by atoms with van der Waals surface area (Å²) in [5.74, 6) is -1.08. The van der Waals surface area contributed by atoms with Gasteiger partial charge in [0.15, 0.2) is 0 Å². The standard InChI is InChI=1S/C10H17F3N2O.ClH/c11-10(12,13)9(7-3-1-2-4-7)15-8(16)5-6-14;/h7,9H,1-6,14H2,(H,15,16);1H. The Labute approximate surface area is 105 Å². The molecule has 1 atom stereocenters. The number of alkyl halides is 3. The number of hydrogen-bond donors (Lipinski definition) is 2. The first-order chi connectivity index (χ1) is 7.45. The average molecular weight is 275 g/mol. The van der Waals surface area contributed by atoms with Crippen LogP contribution in [0.25, 0.3) is 0 Å². The third-order valence-electron chi connectivity index (χ3n) is 2.91. The normalized spacial score (nSPS) is 18.6. The molecule has 3 N–H and O–H groups in total. The van der Waals surface area contributed by atoms with Crippen LogP contribution in [0.4, 0.5) is 13.2 Å². The van der Waals surface area contributed by atoms with E-state index in [-0.39, 0.29) is 25.4 Å². The van der Waals surface area contributed by atoms with Crippen LogP contribution in [-0.2, 0) is 4.79 Å². The number of halogens is 4. The predicted octanol–water partition coefficient (Wildman–Crippen LogP) is 1.99. The highest BCUT2D eigenvalue weighted by atomic mass is 35.5. The molecule has 1 saturated carbocycles. The molecule has 1 amide bonds. The first kappa shape index (κ1) is 16.5. The maximum Gasteiger partial charge on any atom is 0.408 e. The van der Waals surface area contributed by atoms with E-state index in [0.717, 1.165) is 12.8 Å². The van der Waals surface area contributed by atoms with Gasteiger partial charge in [0, 0.05) is 13.0 Å². The summed E-state index contributed by atoms with van der Waals surface area (Å²) in [5.41, 5.74) is 5.13. The molecule has 0 saturated heterocycles. The highest BCUT2D eigenvalue weighted by molar-refractivity contribution is 5.85. The van der Waals surface area contributed by atoms with E-state index in [2.05, 4.69) is 5.32 Å². The van der Waals surface area contributed by atoms with Gasteiger partial charge in [0.1, 0.15) is 6.04 Å². The SMILES string of the molecule is Cl.NCCC(=O)NC(C1CCCC1)C(F)(F)F. The number of nitrogens with two attached hydrogens (primary N) is 1. The fourth-order valence-corrected chi connectivity index (χ4v) is 2.13. The second-order valence-electron chi connectivity index (χ2n) is 4.17. The minimum atomic E-state index is -4.36. The molecule has 102 valence electrons. The van der Waals surface area contributed by atoms with Crippen LogP contribution >= 0.6 is 12.4 Å². The molecule has 0 spiro atoms. The van der Waals surface area contributed by atoms with Gasteiger partial charge in [-0.15, -0.1) is 12.4 Å². The number of carbonyl (C=O) groups excluding carboxylic acids is 1. The van der Waals surface area contributed by atoms with Gasteiger partial charge >= 0.3 is 6.18 Å².